The molecule has 0 aromatic heterocycles. The van der Waals surface area contributed by atoms with Gasteiger partial charge in [-0.05, 0) is 36.8 Å². The molecule has 0 aliphatic heterocycles. The molecule has 0 radical (unpaired) electrons. The number of amides is 1. The largest absolute Gasteiger partial charge is 0.481 e. The summed E-state index contributed by atoms with van der Waals surface area (Å²) in [5.41, 5.74) is 1.61. The smallest absolute Gasteiger partial charge is 0.265 e. The molecule has 0 spiro atoms. The number of nitrogens with one attached hydrogen (secondary N) is 1. The van der Waals surface area contributed by atoms with Crippen molar-refractivity contribution in [3.05, 3.63) is 60.2 Å². The molecule has 2 aromatic rings. The summed E-state index contributed by atoms with van der Waals surface area (Å²) in [4.78, 5) is 12.0. The van der Waals surface area contributed by atoms with E-state index in [0.717, 1.165) is 5.56 Å². The van der Waals surface area contributed by atoms with E-state index in [1.807, 2.05) is 30.3 Å². The van der Waals surface area contributed by atoms with E-state index in [1.54, 1.807) is 31.2 Å². The van der Waals surface area contributed by atoms with Crippen LogP contribution in [0.5, 0.6) is 5.75 Å². The lowest BCUT2D eigenvalue weighted by molar-refractivity contribution is -0.122. The van der Waals surface area contributed by atoms with Crippen LogP contribution in [-0.2, 0) is 11.2 Å². The monoisotopic (exact) mass is 280 g/mol. The van der Waals surface area contributed by atoms with Gasteiger partial charge in [0, 0.05) is 5.69 Å². The minimum absolute atomic E-state index is 0.216. The fourth-order valence-corrected chi connectivity index (χ4v) is 1.80. The molecule has 2 aromatic carbocycles. The van der Waals surface area contributed by atoms with Crippen molar-refractivity contribution in [1.29, 1.82) is 5.26 Å². The third-order valence-corrected chi connectivity index (χ3v) is 2.93. The van der Waals surface area contributed by atoms with Gasteiger partial charge in [-0.25, -0.2) is 0 Å². The minimum Gasteiger partial charge on any atom is -0.481 e. The van der Waals surface area contributed by atoms with E-state index in [9.17, 15) is 4.79 Å². The van der Waals surface area contributed by atoms with Crippen molar-refractivity contribution in [3.63, 3.8) is 0 Å². The first-order chi connectivity index (χ1) is 10.2. The standard InChI is InChI=1S/C17H16N2O2/c1-13(21-16-5-3-2-4-6-16)17(20)19-15-9-7-14(8-10-15)11-12-18/h2-10,13H,11H2,1H3,(H,19,20)/t13-/m1/s1. The van der Waals surface area contributed by atoms with Crippen molar-refractivity contribution in [1.82, 2.24) is 0 Å². The SMILES string of the molecule is C[C@@H](Oc1ccccc1)C(=O)Nc1ccc(CC#N)cc1. The van der Waals surface area contributed by atoms with Crippen LogP contribution in [0, 0.1) is 11.3 Å². The van der Waals surface area contributed by atoms with Crippen molar-refractivity contribution in [2.24, 2.45) is 0 Å². The number of nitrogens with zero attached hydrogens (tertiary/aromatic N) is 1. The number of benzene rings is 2. The van der Waals surface area contributed by atoms with Crippen LogP contribution < -0.4 is 10.1 Å². The lowest BCUT2D eigenvalue weighted by atomic mass is 10.1. The van der Waals surface area contributed by atoms with Crippen molar-refractivity contribution in [2.45, 2.75) is 19.4 Å². The second-order valence-corrected chi connectivity index (χ2v) is 4.59. The van der Waals surface area contributed by atoms with Crippen molar-refractivity contribution >= 4 is 11.6 Å². The first-order valence-electron chi connectivity index (χ1n) is 6.67. The van der Waals surface area contributed by atoms with Gasteiger partial charge in [-0.3, -0.25) is 4.79 Å². The third kappa shape index (κ3) is 4.36. The molecule has 0 saturated heterocycles. The van der Waals surface area contributed by atoms with Gasteiger partial charge in [0.25, 0.3) is 5.91 Å². The van der Waals surface area contributed by atoms with Gasteiger partial charge < -0.3 is 10.1 Å². The van der Waals surface area contributed by atoms with E-state index < -0.39 is 6.10 Å². The second kappa shape index (κ2) is 7.11. The zero-order valence-corrected chi connectivity index (χ0v) is 11.7. The Balaban J connectivity index is 1.93. The maximum Gasteiger partial charge on any atom is 0.265 e. The summed E-state index contributed by atoms with van der Waals surface area (Å²) >= 11 is 0. The lowest BCUT2D eigenvalue weighted by Gasteiger charge is -2.14. The van der Waals surface area contributed by atoms with Gasteiger partial charge >= 0.3 is 0 Å². The Morgan fingerprint density at radius 1 is 1.19 bits per heavy atom. The van der Waals surface area contributed by atoms with E-state index in [1.165, 1.54) is 0 Å². The zero-order valence-electron chi connectivity index (χ0n) is 11.7. The van der Waals surface area contributed by atoms with E-state index in [2.05, 4.69) is 11.4 Å². The molecule has 0 heterocycles. The number of hydrogen-bond donors (Lipinski definition) is 1. The fraction of sp³-hybridized carbons (Fsp3) is 0.176. The van der Waals surface area contributed by atoms with Gasteiger partial charge in [-0.15, -0.1) is 0 Å². The van der Waals surface area contributed by atoms with E-state index in [0.29, 0.717) is 17.9 Å². The van der Waals surface area contributed by atoms with Gasteiger partial charge in [0.15, 0.2) is 6.10 Å². The average molecular weight is 280 g/mol. The molecule has 4 heteroatoms. The van der Waals surface area contributed by atoms with E-state index in [4.69, 9.17) is 10.00 Å². The van der Waals surface area contributed by atoms with Crippen LogP contribution in [0.25, 0.3) is 0 Å². The van der Waals surface area contributed by atoms with Crippen molar-refractivity contribution in [2.75, 3.05) is 5.32 Å². The highest BCUT2D eigenvalue weighted by molar-refractivity contribution is 5.94. The Labute approximate surface area is 124 Å². The molecule has 1 amide bonds. The quantitative estimate of drug-likeness (QED) is 0.915. The third-order valence-electron chi connectivity index (χ3n) is 2.93. The maximum atomic E-state index is 12.0. The van der Waals surface area contributed by atoms with Gasteiger partial charge in [-0.1, -0.05) is 30.3 Å². The topological polar surface area (TPSA) is 62.1 Å². The second-order valence-electron chi connectivity index (χ2n) is 4.59. The molecule has 2 rings (SSSR count). The minimum atomic E-state index is -0.591. The summed E-state index contributed by atoms with van der Waals surface area (Å²) in [5.74, 6) is 0.441. The molecule has 4 nitrogen and oxygen atoms in total. The van der Waals surface area contributed by atoms with Crippen LogP contribution in [0.1, 0.15) is 12.5 Å². The van der Waals surface area contributed by atoms with E-state index >= 15 is 0 Å². The number of carbonyl (C=O) groups excluding carboxylic acids is 1. The highest BCUT2D eigenvalue weighted by Gasteiger charge is 2.14. The predicted octanol–water partition coefficient (Wildman–Crippen LogP) is 3.16. The first-order valence-corrected chi connectivity index (χ1v) is 6.67. The maximum absolute atomic E-state index is 12.0. The summed E-state index contributed by atoms with van der Waals surface area (Å²) in [5, 5.41) is 11.4. The Morgan fingerprint density at radius 2 is 1.86 bits per heavy atom. The molecule has 21 heavy (non-hydrogen) atoms. The number of hydrogen-bond acceptors (Lipinski definition) is 3. The number of carbonyl (C=O) groups is 1. The molecular formula is C17H16N2O2. The molecule has 0 aliphatic carbocycles. The molecular weight excluding hydrogens is 264 g/mol. The number of para-hydroxylation sites is 1. The van der Waals surface area contributed by atoms with E-state index in [-0.39, 0.29) is 5.91 Å². The van der Waals surface area contributed by atoms with Crippen LogP contribution in [0.2, 0.25) is 0 Å². The summed E-state index contributed by atoms with van der Waals surface area (Å²) in [6.45, 7) is 1.70. The number of anilines is 1. The van der Waals surface area contributed by atoms with Crippen LogP contribution in [0.4, 0.5) is 5.69 Å². The van der Waals surface area contributed by atoms with Crippen LogP contribution >= 0.6 is 0 Å². The highest BCUT2D eigenvalue weighted by Crippen LogP contribution is 2.13. The number of ether oxygens (including phenoxy) is 1. The van der Waals surface area contributed by atoms with Crippen molar-refractivity contribution < 1.29 is 9.53 Å². The molecule has 106 valence electrons. The number of rotatable bonds is 5. The Bertz CT molecular complexity index is 630. The average Bonchev–Trinajstić information content (AvgIpc) is 2.50. The Hall–Kier alpha value is -2.80. The molecule has 1 atom stereocenters. The van der Waals surface area contributed by atoms with Gasteiger partial charge in [0.05, 0.1) is 12.5 Å². The summed E-state index contributed by atoms with van der Waals surface area (Å²) < 4.78 is 5.56. The van der Waals surface area contributed by atoms with Crippen molar-refractivity contribution in [3.8, 4) is 11.8 Å². The van der Waals surface area contributed by atoms with Crippen LogP contribution in [0.3, 0.4) is 0 Å². The van der Waals surface area contributed by atoms with Gasteiger partial charge in [-0.2, -0.15) is 5.26 Å². The fourth-order valence-electron chi connectivity index (χ4n) is 1.80. The summed E-state index contributed by atoms with van der Waals surface area (Å²) in [6.07, 6.45) is -0.229. The normalized spacial score (nSPS) is 11.2. The summed E-state index contributed by atoms with van der Waals surface area (Å²) in [7, 11) is 0. The molecule has 0 aliphatic rings. The first kappa shape index (κ1) is 14.6. The molecule has 0 unspecified atom stereocenters. The Morgan fingerprint density at radius 3 is 2.48 bits per heavy atom. The zero-order chi connectivity index (χ0) is 15.1. The Kier molecular flexibility index (Phi) is 4.94. The molecule has 0 fully saturated rings. The molecule has 0 saturated carbocycles. The summed E-state index contributed by atoms with van der Waals surface area (Å²) in [6, 6.07) is 18.5. The van der Waals surface area contributed by atoms with Crippen LogP contribution in [-0.4, -0.2) is 12.0 Å². The predicted molar refractivity (Wildman–Crippen MR) is 80.9 cm³/mol. The number of nitriles is 1. The van der Waals surface area contributed by atoms with Gasteiger partial charge in [0.1, 0.15) is 5.75 Å². The van der Waals surface area contributed by atoms with Crippen LogP contribution in [0.15, 0.2) is 54.6 Å². The highest BCUT2D eigenvalue weighted by atomic mass is 16.5. The lowest BCUT2D eigenvalue weighted by Crippen LogP contribution is -2.30. The molecule has 1 N–H and O–H groups in total. The molecule has 0 bridgehead atoms. The van der Waals surface area contributed by atoms with Gasteiger partial charge in [0.2, 0.25) is 0 Å².